The summed E-state index contributed by atoms with van der Waals surface area (Å²) in [6, 6.07) is 16.6. The Morgan fingerprint density at radius 1 is 1.12 bits per heavy atom. The van der Waals surface area contributed by atoms with Gasteiger partial charge in [0.2, 0.25) is 0 Å². The summed E-state index contributed by atoms with van der Waals surface area (Å²) in [7, 11) is 1.60. The lowest BCUT2D eigenvalue weighted by Gasteiger charge is -2.41. The summed E-state index contributed by atoms with van der Waals surface area (Å²) in [5.74, 6) is -0.146. The van der Waals surface area contributed by atoms with E-state index >= 15 is 0 Å². The first-order chi connectivity index (χ1) is 12.0. The van der Waals surface area contributed by atoms with E-state index in [1.807, 2.05) is 44.2 Å². The van der Waals surface area contributed by atoms with Gasteiger partial charge in [-0.15, -0.1) is 0 Å². The largest absolute Gasteiger partial charge is 0.497 e. The molecular weight excluding hydrogens is 318 g/mol. The van der Waals surface area contributed by atoms with Gasteiger partial charge in [0.05, 0.1) is 19.8 Å². The van der Waals surface area contributed by atoms with Gasteiger partial charge in [0.15, 0.2) is 5.79 Å². The van der Waals surface area contributed by atoms with Crippen LogP contribution in [0, 0.1) is 0 Å². The van der Waals surface area contributed by atoms with Crippen LogP contribution >= 0.6 is 0 Å². The molecule has 0 bridgehead atoms. The fourth-order valence-electron chi connectivity index (χ4n) is 2.85. The fourth-order valence-corrected chi connectivity index (χ4v) is 2.85. The summed E-state index contributed by atoms with van der Waals surface area (Å²) in [5, 5.41) is 3.03. The zero-order chi connectivity index (χ0) is 17.9. The normalized spacial score (nSPS) is 22.2. The molecule has 2 aromatic rings. The minimum Gasteiger partial charge on any atom is -0.497 e. The molecule has 5 heteroatoms. The van der Waals surface area contributed by atoms with Crippen molar-refractivity contribution in [2.45, 2.75) is 31.8 Å². The summed E-state index contributed by atoms with van der Waals surface area (Å²) in [6.45, 7) is 4.14. The third-order valence-electron chi connectivity index (χ3n) is 4.18. The van der Waals surface area contributed by atoms with Crippen molar-refractivity contribution in [3.8, 4) is 5.75 Å². The topological polar surface area (TPSA) is 56.8 Å². The van der Waals surface area contributed by atoms with Crippen LogP contribution in [0.2, 0.25) is 0 Å². The maximum Gasteiger partial charge on any atom is 0.251 e. The molecule has 2 atom stereocenters. The highest BCUT2D eigenvalue weighted by Crippen LogP contribution is 2.33. The average molecular weight is 341 g/mol. The number of amides is 1. The van der Waals surface area contributed by atoms with Crippen molar-refractivity contribution >= 4 is 5.91 Å². The molecule has 1 saturated heterocycles. The van der Waals surface area contributed by atoms with Gasteiger partial charge < -0.3 is 19.5 Å². The van der Waals surface area contributed by atoms with Crippen LogP contribution in [0.3, 0.4) is 0 Å². The molecule has 0 unspecified atom stereocenters. The Bertz CT molecular complexity index is 712. The molecule has 1 amide bonds. The van der Waals surface area contributed by atoms with Crippen LogP contribution < -0.4 is 10.1 Å². The van der Waals surface area contributed by atoms with Gasteiger partial charge in [-0.05, 0) is 43.7 Å². The van der Waals surface area contributed by atoms with Gasteiger partial charge in [-0.3, -0.25) is 4.79 Å². The van der Waals surface area contributed by atoms with Gasteiger partial charge in [0.25, 0.3) is 5.91 Å². The first kappa shape index (κ1) is 17.5. The van der Waals surface area contributed by atoms with Crippen LogP contribution in [0.25, 0.3) is 0 Å². The van der Waals surface area contributed by atoms with Crippen molar-refractivity contribution in [3.05, 3.63) is 65.7 Å². The number of carbonyl (C=O) groups is 1. The van der Waals surface area contributed by atoms with E-state index in [0.29, 0.717) is 17.9 Å². The van der Waals surface area contributed by atoms with Gasteiger partial charge in [0, 0.05) is 5.56 Å². The lowest BCUT2D eigenvalue weighted by Crippen LogP contribution is -2.51. The van der Waals surface area contributed by atoms with E-state index < -0.39 is 5.79 Å². The molecule has 1 aliphatic heterocycles. The van der Waals surface area contributed by atoms with Crippen LogP contribution in [0.15, 0.2) is 54.6 Å². The SMILES string of the molecule is COc1ccc(C(=O)N[C@@H]2COC(C)(C)O[C@@H]2c2ccccc2)cc1. The lowest BCUT2D eigenvalue weighted by molar-refractivity contribution is -0.284. The third kappa shape index (κ3) is 4.18. The average Bonchev–Trinajstić information content (AvgIpc) is 2.63. The quantitative estimate of drug-likeness (QED) is 0.927. The second-order valence-corrected chi connectivity index (χ2v) is 6.47. The van der Waals surface area contributed by atoms with Crippen molar-refractivity contribution in [2.24, 2.45) is 0 Å². The molecule has 0 aromatic heterocycles. The van der Waals surface area contributed by atoms with Crippen LogP contribution in [0.1, 0.15) is 35.9 Å². The second kappa shape index (κ2) is 7.25. The molecule has 25 heavy (non-hydrogen) atoms. The molecule has 0 aliphatic carbocycles. The highest BCUT2D eigenvalue weighted by atomic mass is 16.7. The monoisotopic (exact) mass is 341 g/mol. The minimum atomic E-state index is -0.693. The molecule has 1 fully saturated rings. The van der Waals surface area contributed by atoms with Crippen molar-refractivity contribution in [2.75, 3.05) is 13.7 Å². The van der Waals surface area contributed by atoms with Crippen LogP contribution in [-0.4, -0.2) is 31.5 Å². The van der Waals surface area contributed by atoms with Crippen LogP contribution in [0.4, 0.5) is 0 Å². The summed E-state index contributed by atoms with van der Waals surface area (Å²) in [5.41, 5.74) is 1.58. The Labute approximate surface area is 147 Å². The summed E-state index contributed by atoms with van der Waals surface area (Å²) in [4.78, 5) is 12.6. The maximum absolute atomic E-state index is 12.6. The number of methoxy groups -OCH3 is 1. The van der Waals surface area contributed by atoms with E-state index in [2.05, 4.69) is 5.32 Å². The number of carbonyl (C=O) groups excluding carboxylic acids is 1. The van der Waals surface area contributed by atoms with Crippen LogP contribution in [-0.2, 0) is 9.47 Å². The number of benzene rings is 2. The zero-order valence-electron chi connectivity index (χ0n) is 14.7. The Morgan fingerprint density at radius 3 is 2.44 bits per heavy atom. The smallest absolute Gasteiger partial charge is 0.251 e. The molecule has 5 nitrogen and oxygen atoms in total. The van der Waals surface area contributed by atoms with E-state index in [4.69, 9.17) is 14.2 Å². The second-order valence-electron chi connectivity index (χ2n) is 6.47. The molecule has 0 spiro atoms. The third-order valence-corrected chi connectivity index (χ3v) is 4.18. The number of nitrogens with one attached hydrogen (secondary N) is 1. The van der Waals surface area contributed by atoms with Gasteiger partial charge in [-0.1, -0.05) is 30.3 Å². The van der Waals surface area contributed by atoms with Crippen LogP contribution in [0.5, 0.6) is 5.75 Å². The molecule has 2 aromatic carbocycles. The standard InChI is InChI=1S/C20H23NO4/c1-20(2)24-13-17(18(25-20)14-7-5-4-6-8-14)21-19(22)15-9-11-16(23-3)12-10-15/h4-12,17-18H,13H2,1-3H3,(H,21,22)/t17-,18-/m1/s1. The van der Waals surface area contributed by atoms with Crippen molar-refractivity contribution < 1.29 is 19.0 Å². The molecule has 132 valence electrons. The lowest BCUT2D eigenvalue weighted by atomic mass is 10.00. The van der Waals surface area contributed by atoms with Crippen molar-refractivity contribution in [1.29, 1.82) is 0 Å². The highest BCUT2D eigenvalue weighted by molar-refractivity contribution is 5.94. The Kier molecular flexibility index (Phi) is 5.06. The maximum atomic E-state index is 12.6. The van der Waals surface area contributed by atoms with Gasteiger partial charge >= 0.3 is 0 Å². The Hall–Kier alpha value is -2.37. The van der Waals surface area contributed by atoms with E-state index in [9.17, 15) is 4.79 Å². The number of hydrogen-bond donors (Lipinski definition) is 1. The first-order valence-corrected chi connectivity index (χ1v) is 8.30. The Balaban J connectivity index is 1.77. The molecule has 0 radical (unpaired) electrons. The van der Waals surface area contributed by atoms with Crippen molar-refractivity contribution in [1.82, 2.24) is 5.32 Å². The summed E-state index contributed by atoms with van der Waals surface area (Å²) in [6.07, 6.45) is -0.271. The first-order valence-electron chi connectivity index (χ1n) is 8.30. The molecule has 0 saturated carbocycles. The Morgan fingerprint density at radius 2 is 1.80 bits per heavy atom. The summed E-state index contributed by atoms with van der Waals surface area (Å²) >= 11 is 0. The summed E-state index contributed by atoms with van der Waals surface area (Å²) < 4.78 is 17.0. The molecule has 1 aliphatic rings. The predicted octanol–water partition coefficient (Wildman–Crippen LogP) is 3.32. The fraction of sp³-hybridized carbons (Fsp3) is 0.350. The molecule has 1 N–H and O–H groups in total. The number of rotatable bonds is 4. The van der Waals surface area contributed by atoms with Gasteiger partial charge in [0.1, 0.15) is 11.9 Å². The van der Waals surface area contributed by atoms with E-state index in [-0.39, 0.29) is 18.1 Å². The molecule has 1 heterocycles. The van der Waals surface area contributed by atoms with E-state index in [1.165, 1.54) is 0 Å². The molecular formula is C20H23NO4. The predicted molar refractivity (Wildman–Crippen MR) is 94.5 cm³/mol. The van der Waals surface area contributed by atoms with Crippen molar-refractivity contribution in [3.63, 3.8) is 0 Å². The van der Waals surface area contributed by atoms with E-state index in [0.717, 1.165) is 5.56 Å². The number of hydrogen-bond acceptors (Lipinski definition) is 4. The molecule has 3 rings (SSSR count). The minimum absolute atomic E-state index is 0.166. The van der Waals surface area contributed by atoms with Gasteiger partial charge in [-0.2, -0.15) is 0 Å². The zero-order valence-corrected chi connectivity index (χ0v) is 14.7. The highest BCUT2D eigenvalue weighted by Gasteiger charge is 2.38. The van der Waals surface area contributed by atoms with E-state index in [1.54, 1.807) is 31.4 Å². The number of ether oxygens (including phenoxy) is 3. The van der Waals surface area contributed by atoms with Gasteiger partial charge in [-0.25, -0.2) is 0 Å².